The molecule has 0 aliphatic carbocycles. The van der Waals surface area contributed by atoms with Crippen molar-refractivity contribution in [3.8, 4) is 11.1 Å². The van der Waals surface area contributed by atoms with Gasteiger partial charge >= 0.3 is 6.09 Å². The second-order valence-electron chi connectivity index (χ2n) is 6.55. The van der Waals surface area contributed by atoms with E-state index in [1.165, 1.54) is 5.56 Å². The van der Waals surface area contributed by atoms with Crippen molar-refractivity contribution in [1.29, 1.82) is 0 Å². The molecule has 0 saturated heterocycles. The van der Waals surface area contributed by atoms with Crippen LogP contribution in [-0.4, -0.2) is 28.3 Å². The number of amides is 1. The summed E-state index contributed by atoms with van der Waals surface area (Å²) in [5, 5.41) is 3.74. The van der Waals surface area contributed by atoms with E-state index in [0.29, 0.717) is 13.1 Å². The van der Waals surface area contributed by atoms with Gasteiger partial charge in [-0.1, -0.05) is 23.4 Å². The Labute approximate surface area is 129 Å². The van der Waals surface area contributed by atoms with E-state index in [4.69, 9.17) is 9.26 Å². The lowest BCUT2D eigenvalue weighted by Gasteiger charge is -2.31. The van der Waals surface area contributed by atoms with Gasteiger partial charge in [-0.15, -0.1) is 0 Å². The van der Waals surface area contributed by atoms with Gasteiger partial charge in [0, 0.05) is 18.7 Å². The number of benzene rings is 1. The highest BCUT2D eigenvalue weighted by Gasteiger charge is 2.25. The fraction of sp³-hybridized carbons (Fsp3) is 0.412. The molecule has 1 aromatic heterocycles. The lowest BCUT2D eigenvalue weighted by Crippen LogP contribution is -2.39. The van der Waals surface area contributed by atoms with Crippen LogP contribution < -0.4 is 0 Å². The number of carbonyl (C=O) groups excluding carboxylic acids is 1. The van der Waals surface area contributed by atoms with E-state index in [-0.39, 0.29) is 6.09 Å². The zero-order valence-corrected chi connectivity index (χ0v) is 13.1. The first-order chi connectivity index (χ1) is 10.4. The number of hydrogen-bond acceptors (Lipinski definition) is 4. The number of fused-ring (bicyclic) bond motifs is 1. The van der Waals surface area contributed by atoms with Crippen molar-refractivity contribution in [2.24, 2.45) is 0 Å². The average molecular weight is 300 g/mol. The molecule has 5 nitrogen and oxygen atoms in total. The predicted molar refractivity (Wildman–Crippen MR) is 82.3 cm³/mol. The molecular weight excluding hydrogens is 280 g/mol. The maximum Gasteiger partial charge on any atom is 0.410 e. The van der Waals surface area contributed by atoms with Crippen molar-refractivity contribution in [1.82, 2.24) is 10.1 Å². The SMILES string of the molecule is CC(C)(C)OC(=O)N1CCc2cc(-c3cnoc3)ccc2C1. The molecule has 0 saturated carbocycles. The molecule has 0 atom stereocenters. The lowest BCUT2D eigenvalue weighted by molar-refractivity contribution is 0.0224. The van der Waals surface area contributed by atoms with Crippen molar-refractivity contribution in [2.75, 3.05) is 6.54 Å². The van der Waals surface area contributed by atoms with Crippen LogP contribution in [0.1, 0.15) is 31.9 Å². The molecule has 22 heavy (non-hydrogen) atoms. The van der Waals surface area contributed by atoms with E-state index < -0.39 is 5.60 Å². The Bertz CT molecular complexity index is 672. The highest BCUT2D eigenvalue weighted by Crippen LogP contribution is 2.26. The van der Waals surface area contributed by atoms with Crippen molar-refractivity contribution >= 4 is 6.09 Å². The van der Waals surface area contributed by atoms with E-state index in [0.717, 1.165) is 23.1 Å². The molecule has 1 aliphatic rings. The molecule has 2 heterocycles. The zero-order chi connectivity index (χ0) is 15.7. The standard InChI is InChI=1S/C17H20N2O3/c1-17(2,3)22-16(20)19-7-6-13-8-12(4-5-14(13)10-19)15-9-18-21-11-15/h4-5,8-9,11H,6-7,10H2,1-3H3. The Morgan fingerprint density at radius 1 is 1.27 bits per heavy atom. The third-order valence-corrected chi connectivity index (χ3v) is 3.64. The Kier molecular flexibility index (Phi) is 3.64. The van der Waals surface area contributed by atoms with E-state index in [2.05, 4.69) is 17.3 Å². The third kappa shape index (κ3) is 3.13. The van der Waals surface area contributed by atoms with E-state index in [1.807, 2.05) is 26.8 Å². The Balaban J connectivity index is 1.76. The third-order valence-electron chi connectivity index (χ3n) is 3.64. The minimum atomic E-state index is -0.463. The number of rotatable bonds is 1. The van der Waals surface area contributed by atoms with Gasteiger partial charge in [0.2, 0.25) is 0 Å². The molecule has 0 unspecified atom stereocenters. The Hall–Kier alpha value is -2.30. The number of aromatic nitrogens is 1. The number of nitrogens with zero attached hydrogens (tertiary/aromatic N) is 2. The molecule has 3 rings (SSSR count). The number of ether oxygens (including phenoxy) is 1. The summed E-state index contributed by atoms with van der Waals surface area (Å²) in [5.74, 6) is 0. The molecule has 1 aromatic carbocycles. The molecule has 0 radical (unpaired) electrons. The molecular formula is C17H20N2O3. The molecule has 0 bridgehead atoms. The van der Waals surface area contributed by atoms with Crippen LogP contribution >= 0.6 is 0 Å². The summed E-state index contributed by atoms with van der Waals surface area (Å²) in [6.07, 6.45) is 3.92. The lowest BCUT2D eigenvalue weighted by atomic mass is 9.96. The summed E-state index contributed by atoms with van der Waals surface area (Å²) < 4.78 is 10.3. The van der Waals surface area contributed by atoms with E-state index in [9.17, 15) is 4.79 Å². The summed E-state index contributed by atoms with van der Waals surface area (Å²) in [6.45, 7) is 6.92. The maximum absolute atomic E-state index is 12.2. The summed E-state index contributed by atoms with van der Waals surface area (Å²) in [7, 11) is 0. The van der Waals surface area contributed by atoms with Crippen LogP contribution in [0.25, 0.3) is 11.1 Å². The van der Waals surface area contributed by atoms with Gasteiger partial charge in [-0.3, -0.25) is 0 Å². The fourth-order valence-corrected chi connectivity index (χ4v) is 2.56. The first-order valence-corrected chi connectivity index (χ1v) is 7.42. The van der Waals surface area contributed by atoms with Gasteiger partial charge in [0.05, 0.1) is 6.20 Å². The summed E-state index contributed by atoms with van der Waals surface area (Å²) in [6, 6.07) is 6.24. The maximum atomic E-state index is 12.2. The number of carbonyl (C=O) groups is 1. The van der Waals surface area contributed by atoms with Crippen LogP contribution in [0.5, 0.6) is 0 Å². The van der Waals surface area contributed by atoms with Gasteiger partial charge in [0.25, 0.3) is 0 Å². The van der Waals surface area contributed by atoms with E-state index >= 15 is 0 Å². The zero-order valence-electron chi connectivity index (χ0n) is 13.1. The predicted octanol–water partition coefficient (Wildman–Crippen LogP) is 3.63. The van der Waals surface area contributed by atoms with Crippen molar-refractivity contribution in [3.63, 3.8) is 0 Å². The Morgan fingerprint density at radius 2 is 2.09 bits per heavy atom. The van der Waals surface area contributed by atoms with Crippen molar-refractivity contribution in [2.45, 2.75) is 39.3 Å². The van der Waals surface area contributed by atoms with Crippen LogP contribution in [0.4, 0.5) is 4.79 Å². The van der Waals surface area contributed by atoms with Crippen LogP contribution in [-0.2, 0) is 17.7 Å². The topological polar surface area (TPSA) is 55.6 Å². The molecule has 0 fully saturated rings. The van der Waals surface area contributed by atoms with Crippen LogP contribution in [0.3, 0.4) is 0 Å². The normalized spacial score (nSPS) is 14.6. The summed E-state index contributed by atoms with van der Waals surface area (Å²) in [5.41, 5.74) is 4.02. The molecule has 1 amide bonds. The van der Waals surface area contributed by atoms with Gasteiger partial charge in [-0.2, -0.15) is 0 Å². The van der Waals surface area contributed by atoms with Crippen LogP contribution in [0, 0.1) is 0 Å². The molecule has 0 spiro atoms. The number of hydrogen-bond donors (Lipinski definition) is 0. The summed E-state index contributed by atoms with van der Waals surface area (Å²) >= 11 is 0. The van der Waals surface area contributed by atoms with Gasteiger partial charge in [-0.05, 0) is 43.9 Å². The quantitative estimate of drug-likeness (QED) is 0.807. The molecule has 2 aromatic rings. The van der Waals surface area contributed by atoms with Gasteiger partial charge in [0.1, 0.15) is 11.9 Å². The largest absolute Gasteiger partial charge is 0.444 e. The molecule has 1 aliphatic heterocycles. The summed E-state index contributed by atoms with van der Waals surface area (Å²) in [4.78, 5) is 13.9. The first-order valence-electron chi connectivity index (χ1n) is 7.42. The van der Waals surface area contributed by atoms with Gasteiger partial charge in [-0.25, -0.2) is 4.79 Å². The average Bonchev–Trinajstić information content (AvgIpc) is 2.98. The highest BCUT2D eigenvalue weighted by atomic mass is 16.6. The van der Waals surface area contributed by atoms with E-state index in [1.54, 1.807) is 17.4 Å². The van der Waals surface area contributed by atoms with Crippen LogP contribution in [0.15, 0.2) is 35.2 Å². The minimum absolute atomic E-state index is 0.249. The first kappa shape index (κ1) is 14.6. The minimum Gasteiger partial charge on any atom is -0.444 e. The highest BCUT2D eigenvalue weighted by molar-refractivity contribution is 5.69. The second-order valence-corrected chi connectivity index (χ2v) is 6.55. The smallest absolute Gasteiger partial charge is 0.410 e. The van der Waals surface area contributed by atoms with Gasteiger partial charge < -0.3 is 14.2 Å². The van der Waals surface area contributed by atoms with Crippen LogP contribution in [0.2, 0.25) is 0 Å². The second kappa shape index (κ2) is 5.48. The fourth-order valence-electron chi connectivity index (χ4n) is 2.56. The van der Waals surface area contributed by atoms with Crippen molar-refractivity contribution < 1.29 is 14.1 Å². The molecule has 5 heteroatoms. The Morgan fingerprint density at radius 3 is 2.77 bits per heavy atom. The molecule has 116 valence electrons. The van der Waals surface area contributed by atoms with Gasteiger partial charge in [0.15, 0.2) is 0 Å². The molecule has 0 N–H and O–H groups in total. The monoisotopic (exact) mass is 300 g/mol. The van der Waals surface area contributed by atoms with Crippen molar-refractivity contribution in [3.05, 3.63) is 41.8 Å².